The maximum absolute atomic E-state index is 12.1. The number of hydrogen-bond acceptors (Lipinski definition) is 4. The zero-order valence-electron chi connectivity index (χ0n) is 12.9. The summed E-state index contributed by atoms with van der Waals surface area (Å²) < 4.78 is 6.89. The van der Waals surface area contributed by atoms with Crippen LogP contribution in [0.4, 0.5) is 0 Å². The number of aromatic nitrogens is 2. The number of carbonyl (C=O) groups excluding carboxylic acids is 1. The van der Waals surface area contributed by atoms with Crippen LogP contribution in [0.5, 0.6) is 5.75 Å². The average Bonchev–Trinajstić information content (AvgIpc) is 2.60. The van der Waals surface area contributed by atoms with Gasteiger partial charge in [-0.15, -0.1) is 0 Å². The zero-order chi connectivity index (χ0) is 17.8. The van der Waals surface area contributed by atoms with Crippen LogP contribution in [-0.4, -0.2) is 15.7 Å². The minimum Gasteiger partial charge on any atom is -0.424 e. The predicted octanol–water partition coefficient (Wildman–Crippen LogP) is 3.93. The van der Waals surface area contributed by atoms with Crippen LogP contribution < -0.4 is 10.3 Å². The van der Waals surface area contributed by atoms with Crippen LogP contribution in [0, 0.1) is 0 Å². The van der Waals surface area contributed by atoms with Crippen molar-refractivity contribution in [3.05, 3.63) is 80.5 Å². The molecule has 1 aromatic heterocycles. The van der Waals surface area contributed by atoms with Gasteiger partial charge in [-0.3, -0.25) is 4.79 Å². The van der Waals surface area contributed by atoms with Crippen molar-refractivity contribution in [2.24, 2.45) is 0 Å². The number of hydrogen-bond donors (Lipinski definition) is 0. The second-order valence-corrected chi connectivity index (χ2v) is 6.42. The number of halogens is 2. The molecule has 0 amide bonds. The van der Waals surface area contributed by atoms with E-state index >= 15 is 0 Å². The van der Waals surface area contributed by atoms with E-state index in [-0.39, 0.29) is 12.1 Å². The van der Waals surface area contributed by atoms with Gasteiger partial charge in [0.1, 0.15) is 12.3 Å². The Labute approximate surface area is 157 Å². The average molecular weight is 420 g/mol. The van der Waals surface area contributed by atoms with Gasteiger partial charge in [-0.1, -0.05) is 41.9 Å². The highest BCUT2D eigenvalue weighted by Gasteiger charge is 2.12. The van der Waals surface area contributed by atoms with Gasteiger partial charge in [0.05, 0.1) is 10.2 Å². The van der Waals surface area contributed by atoms with Crippen molar-refractivity contribution >= 4 is 33.5 Å². The topological polar surface area (TPSA) is 61.2 Å². The van der Waals surface area contributed by atoms with E-state index in [4.69, 9.17) is 16.3 Å². The Morgan fingerprint density at radius 3 is 2.60 bits per heavy atom. The number of nitrogens with zero attached hydrogens (tertiary/aromatic N) is 2. The molecule has 0 saturated heterocycles. The number of ether oxygens (including phenoxy) is 1. The zero-order valence-corrected chi connectivity index (χ0v) is 15.2. The van der Waals surface area contributed by atoms with Crippen molar-refractivity contribution < 1.29 is 9.53 Å². The summed E-state index contributed by atoms with van der Waals surface area (Å²) in [5, 5.41) is 4.75. The van der Waals surface area contributed by atoms with E-state index in [1.165, 1.54) is 6.07 Å². The van der Waals surface area contributed by atoms with Crippen LogP contribution in [0.25, 0.3) is 11.3 Å². The molecule has 5 nitrogen and oxygen atoms in total. The third-order valence-corrected chi connectivity index (χ3v) is 4.19. The van der Waals surface area contributed by atoms with E-state index in [1.54, 1.807) is 24.3 Å². The summed E-state index contributed by atoms with van der Waals surface area (Å²) in [6.07, 6.45) is 0. The summed E-state index contributed by atoms with van der Waals surface area (Å²) in [7, 11) is 0. The minimum atomic E-state index is -0.608. The van der Waals surface area contributed by atoms with Gasteiger partial charge in [0, 0.05) is 16.7 Å². The molecule has 2 aromatic carbocycles. The molecule has 126 valence electrons. The maximum atomic E-state index is 12.1. The molecule has 3 rings (SSSR count). The second kappa shape index (κ2) is 7.63. The van der Waals surface area contributed by atoms with E-state index in [2.05, 4.69) is 21.0 Å². The van der Waals surface area contributed by atoms with Crippen molar-refractivity contribution in [3.63, 3.8) is 0 Å². The smallest absolute Gasteiger partial charge is 0.333 e. The molecule has 0 unspecified atom stereocenters. The van der Waals surface area contributed by atoms with Crippen LogP contribution in [0.3, 0.4) is 0 Å². The summed E-state index contributed by atoms with van der Waals surface area (Å²) >= 11 is 9.13. The number of carbonyl (C=O) groups is 1. The molecule has 0 spiro atoms. The van der Waals surface area contributed by atoms with Crippen LogP contribution in [0.2, 0.25) is 5.02 Å². The highest BCUT2D eigenvalue weighted by molar-refractivity contribution is 9.10. The Balaban J connectivity index is 1.80. The highest BCUT2D eigenvalue weighted by atomic mass is 79.9. The molecule has 0 atom stereocenters. The van der Waals surface area contributed by atoms with E-state index in [1.807, 2.05) is 30.3 Å². The first-order valence-electron chi connectivity index (χ1n) is 7.32. The lowest BCUT2D eigenvalue weighted by Crippen LogP contribution is -2.28. The van der Waals surface area contributed by atoms with Crippen LogP contribution in [0.1, 0.15) is 0 Å². The van der Waals surface area contributed by atoms with Crippen molar-refractivity contribution in [2.45, 2.75) is 6.54 Å². The predicted molar refractivity (Wildman–Crippen MR) is 98.7 cm³/mol. The van der Waals surface area contributed by atoms with E-state index < -0.39 is 5.97 Å². The first kappa shape index (κ1) is 17.4. The van der Waals surface area contributed by atoms with Crippen molar-refractivity contribution in [3.8, 4) is 17.0 Å². The van der Waals surface area contributed by atoms with E-state index in [0.29, 0.717) is 20.9 Å². The third kappa shape index (κ3) is 4.35. The molecular weight excluding hydrogens is 408 g/mol. The molecule has 0 N–H and O–H groups in total. The Hall–Kier alpha value is -2.44. The fourth-order valence-corrected chi connectivity index (χ4v) is 2.92. The lowest BCUT2D eigenvalue weighted by molar-refractivity contribution is -0.135. The molecule has 0 aliphatic rings. The van der Waals surface area contributed by atoms with Crippen molar-refractivity contribution in [2.75, 3.05) is 0 Å². The minimum absolute atomic E-state index is 0.297. The molecule has 7 heteroatoms. The van der Waals surface area contributed by atoms with Crippen LogP contribution >= 0.6 is 27.5 Å². The SMILES string of the molecule is O=C(Cn1nc(-c2ccccc2)ccc1=O)Oc1ccc(Cl)cc1Br. The lowest BCUT2D eigenvalue weighted by atomic mass is 10.1. The van der Waals surface area contributed by atoms with Gasteiger partial charge in [0.2, 0.25) is 0 Å². The monoisotopic (exact) mass is 418 g/mol. The van der Waals surface area contributed by atoms with Crippen molar-refractivity contribution in [1.29, 1.82) is 0 Å². The number of esters is 1. The summed E-state index contributed by atoms with van der Waals surface area (Å²) in [6.45, 7) is -0.297. The lowest BCUT2D eigenvalue weighted by Gasteiger charge is -2.09. The molecule has 0 aliphatic heterocycles. The van der Waals surface area contributed by atoms with Gasteiger partial charge >= 0.3 is 5.97 Å². The molecule has 0 saturated carbocycles. The van der Waals surface area contributed by atoms with Gasteiger partial charge in [-0.05, 0) is 40.2 Å². The normalized spacial score (nSPS) is 10.5. The van der Waals surface area contributed by atoms with Gasteiger partial charge in [-0.2, -0.15) is 5.10 Å². The Bertz CT molecular complexity index is 974. The van der Waals surface area contributed by atoms with Gasteiger partial charge in [0.15, 0.2) is 0 Å². The molecule has 0 fully saturated rings. The second-order valence-electron chi connectivity index (χ2n) is 5.13. The number of rotatable bonds is 4. The van der Waals surface area contributed by atoms with Gasteiger partial charge in [-0.25, -0.2) is 9.48 Å². The molecule has 0 radical (unpaired) electrons. The van der Waals surface area contributed by atoms with Gasteiger partial charge in [0.25, 0.3) is 5.56 Å². The van der Waals surface area contributed by atoms with Crippen LogP contribution in [0.15, 0.2) is 69.9 Å². The molecule has 0 bridgehead atoms. The molecule has 25 heavy (non-hydrogen) atoms. The summed E-state index contributed by atoms with van der Waals surface area (Å²) in [6, 6.07) is 17.2. The Morgan fingerprint density at radius 2 is 1.88 bits per heavy atom. The largest absolute Gasteiger partial charge is 0.424 e. The van der Waals surface area contributed by atoms with Crippen LogP contribution in [-0.2, 0) is 11.3 Å². The first-order chi connectivity index (χ1) is 12.0. The Kier molecular flexibility index (Phi) is 5.31. The first-order valence-corrected chi connectivity index (χ1v) is 8.49. The van der Waals surface area contributed by atoms with E-state index in [0.717, 1.165) is 10.2 Å². The van der Waals surface area contributed by atoms with E-state index in [9.17, 15) is 9.59 Å². The Morgan fingerprint density at radius 1 is 1.12 bits per heavy atom. The van der Waals surface area contributed by atoms with Gasteiger partial charge < -0.3 is 4.74 Å². The number of benzene rings is 2. The highest BCUT2D eigenvalue weighted by Crippen LogP contribution is 2.28. The molecular formula is C18H12BrClN2O3. The van der Waals surface area contributed by atoms with Crippen molar-refractivity contribution in [1.82, 2.24) is 9.78 Å². The standard InChI is InChI=1S/C18H12BrClN2O3/c19-14-10-13(20)6-8-16(14)25-18(24)11-22-17(23)9-7-15(21-22)12-4-2-1-3-5-12/h1-10H,11H2. The fourth-order valence-electron chi connectivity index (χ4n) is 2.16. The molecule has 1 heterocycles. The maximum Gasteiger partial charge on any atom is 0.333 e. The fraction of sp³-hybridized carbons (Fsp3) is 0.0556. The molecule has 3 aromatic rings. The quantitative estimate of drug-likeness (QED) is 0.475. The third-order valence-electron chi connectivity index (χ3n) is 3.33. The summed E-state index contributed by atoms with van der Waals surface area (Å²) in [5.41, 5.74) is 1.07. The molecule has 0 aliphatic carbocycles. The summed E-state index contributed by atoms with van der Waals surface area (Å²) in [5.74, 6) is -0.288. The summed E-state index contributed by atoms with van der Waals surface area (Å²) in [4.78, 5) is 24.1.